The molecule has 1 aromatic carbocycles. The summed E-state index contributed by atoms with van der Waals surface area (Å²) in [5.74, 6) is 1.52. The molecule has 108 valence electrons. The van der Waals surface area contributed by atoms with Gasteiger partial charge in [0.05, 0.1) is 26.0 Å². The standard InChI is InChI=1S/C15H20N2O2S/c1-5-12-9(2)20-15(17-12)14(16)11-8-10(18-3)6-7-13(11)19-4/h6-8,14H,5,16H2,1-4H3. The zero-order valence-corrected chi connectivity index (χ0v) is 13.1. The Morgan fingerprint density at radius 2 is 2.05 bits per heavy atom. The number of aromatic nitrogens is 1. The number of benzene rings is 1. The Labute approximate surface area is 123 Å². The van der Waals surface area contributed by atoms with Gasteiger partial charge in [-0.2, -0.15) is 0 Å². The largest absolute Gasteiger partial charge is 0.497 e. The van der Waals surface area contributed by atoms with Crippen LogP contribution in [0.25, 0.3) is 0 Å². The maximum absolute atomic E-state index is 6.37. The second kappa shape index (κ2) is 6.24. The summed E-state index contributed by atoms with van der Waals surface area (Å²) in [6, 6.07) is 5.34. The van der Waals surface area contributed by atoms with Crippen LogP contribution >= 0.6 is 11.3 Å². The van der Waals surface area contributed by atoms with Crippen molar-refractivity contribution < 1.29 is 9.47 Å². The van der Waals surface area contributed by atoms with E-state index >= 15 is 0 Å². The summed E-state index contributed by atoms with van der Waals surface area (Å²) in [5, 5.41) is 0.908. The molecule has 2 N–H and O–H groups in total. The van der Waals surface area contributed by atoms with Crippen LogP contribution in [0.3, 0.4) is 0 Å². The molecule has 0 amide bonds. The number of aryl methyl sites for hydroxylation is 2. The van der Waals surface area contributed by atoms with Crippen molar-refractivity contribution in [3.63, 3.8) is 0 Å². The van der Waals surface area contributed by atoms with Gasteiger partial charge in [0.1, 0.15) is 16.5 Å². The van der Waals surface area contributed by atoms with Gasteiger partial charge in [0.2, 0.25) is 0 Å². The summed E-state index contributed by atoms with van der Waals surface area (Å²) in [7, 11) is 3.28. The fourth-order valence-corrected chi connectivity index (χ4v) is 3.16. The number of rotatable bonds is 5. The number of methoxy groups -OCH3 is 2. The Morgan fingerprint density at radius 1 is 1.30 bits per heavy atom. The van der Waals surface area contributed by atoms with Gasteiger partial charge < -0.3 is 15.2 Å². The Bertz CT molecular complexity index is 596. The zero-order valence-electron chi connectivity index (χ0n) is 12.3. The molecule has 0 bridgehead atoms. The molecule has 0 saturated carbocycles. The van der Waals surface area contributed by atoms with E-state index in [0.29, 0.717) is 0 Å². The highest BCUT2D eigenvalue weighted by Gasteiger charge is 2.19. The number of ether oxygens (including phenoxy) is 2. The highest BCUT2D eigenvalue weighted by Crippen LogP contribution is 2.34. The lowest BCUT2D eigenvalue weighted by atomic mass is 10.1. The molecule has 0 radical (unpaired) electrons. The smallest absolute Gasteiger partial charge is 0.124 e. The molecule has 1 unspecified atom stereocenters. The molecule has 0 fully saturated rings. The third kappa shape index (κ3) is 2.78. The Hall–Kier alpha value is -1.59. The van der Waals surface area contributed by atoms with Crippen LogP contribution in [0.1, 0.15) is 34.1 Å². The maximum atomic E-state index is 6.37. The van der Waals surface area contributed by atoms with Gasteiger partial charge in [-0.15, -0.1) is 11.3 Å². The number of hydrogen-bond donors (Lipinski definition) is 1. The molecule has 0 aliphatic rings. The molecule has 5 heteroatoms. The van der Waals surface area contributed by atoms with Gasteiger partial charge in [-0.05, 0) is 31.5 Å². The SMILES string of the molecule is CCc1nc(C(N)c2cc(OC)ccc2OC)sc1C. The summed E-state index contributed by atoms with van der Waals surface area (Å²) in [6.45, 7) is 4.18. The molecular formula is C15H20N2O2S. The van der Waals surface area contributed by atoms with Crippen LogP contribution in [0, 0.1) is 6.92 Å². The van der Waals surface area contributed by atoms with E-state index in [0.717, 1.165) is 34.2 Å². The quantitative estimate of drug-likeness (QED) is 0.920. The van der Waals surface area contributed by atoms with E-state index in [1.165, 1.54) is 4.88 Å². The molecule has 1 atom stereocenters. The Kier molecular flexibility index (Phi) is 4.62. The van der Waals surface area contributed by atoms with Gasteiger partial charge >= 0.3 is 0 Å². The molecular weight excluding hydrogens is 272 g/mol. The lowest BCUT2D eigenvalue weighted by Crippen LogP contribution is -2.13. The molecule has 4 nitrogen and oxygen atoms in total. The first kappa shape index (κ1) is 14.8. The van der Waals surface area contributed by atoms with Gasteiger partial charge in [-0.25, -0.2) is 4.98 Å². The molecule has 20 heavy (non-hydrogen) atoms. The minimum absolute atomic E-state index is 0.302. The van der Waals surface area contributed by atoms with Crippen LogP contribution in [0.4, 0.5) is 0 Å². The summed E-state index contributed by atoms with van der Waals surface area (Å²) in [4.78, 5) is 5.85. The molecule has 2 aromatic rings. The predicted molar refractivity (Wildman–Crippen MR) is 81.8 cm³/mol. The number of thiazole rings is 1. The fraction of sp³-hybridized carbons (Fsp3) is 0.400. The second-order valence-electron chi connectivity index (χ2n) is 4.49. The van der Waals surface area contributed by atoms with Gasteiger partial charge in [0.15, 0.2) is 0 Å². The number of nitrogens with zero attached hydrogens (tertiary/aromatic N) is 1. The van der Waals surface area contributed by atoms with Crippen molar-refractivity contribution in [1.29, 1.82) is 0 Å². The summed E-state index contributed by atoms with van der Waals surface area (Å²) in [6.07, 6.45) is 0.921. The van der Waals surface area contributed by atoms with Gasteiger partial charge in [-0.3, -0.25) is 0 Å². The highest BCUT2D eigenvalue weighted by molar-refractivity contribution is 7.11. The fourth-order valence-electron chi connectivity index (χ4n) is 2.13. The van der Waals surface area contributed by atoms with Gasteiger partial charge in [0, 0.05) is 10.4 Å². The molecule has 2 rings (SSSR count). The molecule has 0 spiro atoms. The third-order valence-electron chi connectivity index (χ3n) is 3.28. The highest BCUT2D eigenvalue weighted by atomic mass is 32.1. The maximum Gasteiger partial charge on any atom is 0.124 e. The molecule has 0 aliphatic carbocycles. The monoisotopic (exact) mass is 292 g/mol. The first-order chi connectivity index (χ1) is 9.60. The van der Waals surface area contributed by atoms with E-state index in [9.17, 15) is 0 Å². The van der Waals surface area contributed by atoms with E-state index in [1.807, 2.05) is 18.2 Å². The molecule has 0 saturated heterocycles. The van der Waals surface area contributed by atoms with E-state index in [-0.39, 0.29) is 6.04 Å². The molecule has 1 aromatic heterocycles. The normalized spacial score (nSPS) is 12.2. The van der Waals surface area contributed by atoms with Crippen molar-refractivity contribution in [1.82, 2.24) is 4.98 Å². The Balaban J connectivity index is 2.42. The van der Waals surface area contributed by atoms with Crippen LogP contribution < -0.4 is 15.2 Å². The first-order valence-corrected chi connectivity index (χ1v) is 7.36. The van der Waals surface area contributed by atoms with Crippen LogP contribution in [0.15, 0.2) is 18.2 Å². The van der Waals surface area contributed by atoms with Gasteiger partial charge in [-0.1, -0.05) is 6.92 Å². The lowest BCUT2D eigenvalue weighted by molar-refractivity contribution is 0.397. The summed E-state index contributed by atoms with van der Waals surface area (Å²) in [5.41, 5.74) is 8.37. The topological polar surface area (TPSA) is 57.4 Å². The van der Waals surface area contributed by atoms with Crippen molar-refractivity contribution in [3.8, 4) is 11.5 Å². The molecule has 0 aliphatic heterocycles. The summed E-state index contributed by atoms with van der Waals surface area (Å²) < 4.78 is 10.7. The average Bonchev–Trinajstić information content (AvgIpc) is 2.86. The van der Waals surface area contributed by atoms with E-state index in [1.54, 1.807) is 25.6 Å². The predicted octanol–water partition coefficient (Wildman–Crippen LogP) is 3.08. The molecule has 1 heterocycles. The minimum atomic E-state index is -0.302. The van der Waals surface area contributed by atoms with Crippen molar-refractivity contribution in [3.05, 3.63) is 39.3 Å². The lowest BCUT2D eigenvalue weighted by Gasteiger charge is -2.15. The van der Waals surface area contributed by atoms with Crippen molar-refractivity contribution in [2.45, 2.75) is 26.3 Å². The van der Waals surface area contributed by atoms with Crippen molar-refractivity contribution in [2.24, 2.45) is 5.73 Å². The van der Waals surface area contributed by atoms with Crippen molar-refractivity contribution in [2.75, 3.05) is 14.2 Å². The van der Waals surface area contributed by atoms with Crippen LogP contribution in [-0.4, -0.2) is 19.2 Å². The second-order valence-corrected chi connectivity index (χ2v) is 5.73. The average molecular weight is 292 g/mol. The van der Waals surface area contributed by atoms with E-state index < -0.39 is 0 Å². The van der Waals surface area contributed by atoms with E-state index in [2.05, 4.69) is 18.8 Å². The van der Waals surface area contributed by atoms with Crippen molar-refractivity contribution >= 4 is 11.3 Å². The summed E-state index contributed by atoms with van der Waals surface area (Å²) >= 11 is 1.64. The zero-order chi connectivity index (χ0) is 14.7. The van der Waals surface area contributed by atoms with Crippen LogP contribution in [0.5, 0.6) is 11.5 Å². The first-order valence-electron chi connectivity index (χ1n) is 6.54. The number of nitrogens with two attached hydrogens (primary N) is 1. The van der Waals surface area contributed by atoms with Crippen LogP contribution in [-0.2, 0) is 6.42 Å². The van der Waals surface area contributed by atoms with Gasteiger partial charge in [0.25, 0.3) is 0 Å². The Morgan fingerprint density at radius 3 is 2.60 bits per heavy atom. The number of hydrogen-bond acceptors (Lipinski definition) is 5. The van der Waals surface area contributed by atoms with Crippen LogP contribution in [0.2, 0.25) is 0 Å². The van der Waals surface area contributed by atoms with E-state index in [4.69, 9.17) is 15.2 Å². The minimum Gasteiger partial charge on any atom is -0.497 e. The third-order valence-corrected chi connectivity index (χ3v) is 4.38.